The Morgan fingerprint density at radius 2 is 1.80 bits per heavy atom. The van der Waals surface area contributed by atoms with Gasteiger partial charge in [0.2, 0.25) is 0 Å². The molecular weight excluding hydrogens is 496 g/mol. The van der Waals surface area contributed by atoms with E-state index in [1.54, 1.807) is 6.20 Å². The van der Waals surface area contributed by atoms with Crippen LogP contribution in [0.2, 0.25) is 0 Å². The van der Waals surface area contributed by atoms with Crippen molar-refractivity contribution >= 4 is 23.0 Å². The molecule has 2 saturated heterocycles. The van der Waals surface area contributed by atoms with Crippen LogP contribution in [0.4, 0.5) is 17.3 Å². The van der Waals surface area contributed by atoms with Crippen molar-refractivity contribution in [3.05, 3.63) is 66.5 Å². The Morgan fingerprint density at radius 3 is 2.58 bits per heavy atom. The van der Waals surface area contributed by atoms with E-state index in [0.29, 0.717) is 12.1 Å². The zero-order valence-electron chi connectivity index (χ0n) is 24.3. The summed E-state index contributed by atoms with van der Waals surface area (Å²) in [6, 6.07) is 18.1. The van der Waals surface area contributed by atoms with Crippen molar-refractivity contribution in [3.8, 4) is 11.3 Å². The van der Waals surface area contributed by atoms with Crippen LogP contribution >= 0.6 is 0 Å². The minimum atomic E-state index is 0.252. The van der Waals surface area contributed by atoms with Gasteiger partial charge in [0.15, 0.2) is 5.65 Å². The first-order valence-electron chi connectivity index (χ1n) is 14.8. The van der Waals surface area contributed by atoms with Crippen LogP contribution in [0.1, 0.15) is 58.9 Å². The van der Waals surface area contributed by atoms with E-state index in [-0.39, 0.29) is 5.54 Å². The van der Waals surface area contributed by atoms with Gasteiger partial charge in [0.1, 0.15) is 11.6 Å². The summed E-state index contributed by atoms with van der Waals surface area (Å²) in [7, 11) is 0. The Kier molecular flexibility index (Phi) is 7.47. The average molecular weight is 539 g/mol. The molecule has 1 aromatic carbocycles. The van der Waals surface area contributed by atoms with Gasteiger partial charge in [-0.25, -0.2) is 14.5 Å². The molecule has 0 amide bonds. The number of hydrogen-bond donors (Lipinski definition) is 2. The number of likely N-dealkylation sites (tertiary alicyclic amines) is 1. The smallest absolute Gasteiger partial charge is 0.177 e. The number of nitrogens with zero attached hydrogens (tertiary/aromatic N) is 6. The average Bonchev–Trinajstić information content (AvgIpc) is 3.61. The van der Waals surface area contributed by atoms with E-state index in [4.69, 9.17) is 10.1 Å². The highest BCUT2D eigenvalue weighted by atomic mass is 15.3. The van der Waals surface area contributed by atoms with Crippen LogP contribution in [0.5, 0.6) is 0 Å². The number of nitrogens with one attached hydrogen (secondary N) is 2. The van der Waals surface area contributed by atoms with E-state index in [2.05, 4.69) is 95.6 Å². The fraction of sp³-hybridized carbons (Fsp3) is 0.469. The number of piperidine rings is 1. The number of rotatable bonds is 7. The maximum absolute atomic E-state index is 4.94. The molecule has 1 unspecified atom stereocenters. The molecule has 0 aliphatic carbocycles. The molecule has 210 valence electrons. The summed E-state index contributed by atoms with van der Waals surface area (Å²) in [5.74, 6) is 1.84. The van der Waals surface area contributed by atoms with Crippen molar-refractivity contribution in [3.63, 3.8) is 0 Å². The number of anilines is 3. The summed E-state index contributed by atoms with van der Waals surface area (Å²) >= 11 is 0. The molecule has 1 atom stereocenters. The number of imidazole rings is 1. The van der Waals surface area contributed by atoms with Gasteiger partial charge in [0.05, 0.1) is 11.4 Å². The van der Waals surface area contributed by atoms with Crippen LogP contribution in [0, 0.1) is 0 Å². The van der Waals surface area contributed by atoms with Gasteiger partial charge in [-0.05, 0) is 83.2 Å². The molecule has 4 aromatic rings. The topological polar surface area (TPSA) is 73.6 Å². The highest BCUT2D eigenvalue weighted by Gasteiger charge is 2.26. The molecule has 2 N–H and O–H groups in total. The van der Waals surface area contributed by atoms with Crippen molar-refractivity contribution in [2.45, 2.75) is 77.5 Å². The molecule has 0 spiro atoms. The standard InChI is InChI=1S/C32H42N8/c1-23-8-7-16-39(23)30-12-6-11-29(36-30)35-28-21-27(37-40-19-15-33-31(28)40)25-10-5-9-24(20-25)22-34-26-13-17-38(18-14-26)32(2,3)4/h5-6,9-12,15,19-21,23,26,34H,7-8,13-14,16-18,22H2,1-4H3,(H,35,36). The van der Waals surface area contributed by atoms with Crippen molar-refractivity contribution in [2.75, 3.05) is 29.9 Å². The maximum atomic E-state index is 4.94. The third-order valence-corrected chi connectivity index (χ3v) is 8.46. The van der Waals surface area contributed by atoms with E-state index in [1.165, 1.54) is 31.2 Å². The zero-order chi connectivity index (χ0) is 27.7. The lowest BCUT2D eigenvalue weighted by atomic mass is 9.98. The van der Waals surface area contributed by atoms with Crippen molar-refractivity contribution in [1.29, 1.82) is 0 Å². The van der Waals surface area contributed by atoms with Gasteiger partial charge < -0.3 is 15.5 Å². The Hall–Kier alpha value is -3.49. The predicted octanol–water partition coefficient (Wildman–Crippen LogP) is 5.88. The van der Waals surface area contributed by atoms with E-state index >= 15 is 0 Å². The lowest BCUT2D eigenvalue weighted by Gasteiger charge is -2.41. The molecule has 0 bridgehead atoms. The molecule has 3 aromatic heterocycles. The number of fused-ring (bicyclic) bond motifs is 1. The van der Waals surface area contributed by atoms with E-state index in [0.717, 1.165) is 60.4 Å². The number of hydrogen-bond acceptors (Lipinski definition) is 7. The quantitative estimate of drug-likeness (QED) is 0.305. The van der Waals surface area contributed by atoms with E-state index < -0.39 is 0 Å². The van der Waals surface area contributed by atoms with Crippen LogP contribution in [-0.2, 0) is 6.54 Å². The molecule has 40 heavy (non-hydrogen) atoms. The van der Waals surface area contributed by atoms with Gasteiger partial charge in [0, 0.05) is 61.8 Å². The predicted molar refractivity (Wildman–Crippen MR) is 163 cm³/mol. The van der Waals surface area contributed by atoms with Crippen LogP contribution in [-0.4, -0.2) is 61.7 Å². The summed E-state index contributed by atoms with van der Waals surface area (Å²) < 4.78 is 1.85. The van der Waals surface area contributed by atoms with Gasteiger partial charge in [-0.1, -0.05) is 24.3 Å². The highest BCUT2D eigenvalue weighted by Crippen LogP contribution is 2.29. The molecule has 8 nitrogen and oxygen atoms in total. The van der Waals surface area contributed by atoms with Crippen LogP contribution in [0.25, 0.3) is 16.9 Å². The van der Waals surface area contributed by atoms with Gasteiger partial charge in [-0.15, -0.1) is 0 Å². The third-order valence-electron chi connectivity index (χ3n) is 8.46. The van der Waals surface area contributed by atoms with Crippen LogP contribution in [0.15, 0.2) is 60.9 Å². The van der Waals surface area contributed by atoms with Gasteiger partial charge in [-0.3, -0.25) is 4.90 Å². The van der Waals surface area contributed by atoms with Crippen molar-refractivity contribution in [2.24, 2.45) is 0 Å². The molecule has 5 heterocycles. The first kappa shape index (κ1) is 26.7. The molecule has 6 rings (SSSR count). The Balaban J connectivity index is 1.18. The monoisotopic (exact) mass is 538 g/mol. The second-order valence-electron chi connectivity index (χ2n) is 12.3. The number of aromatic nitrogens is 4. The largest absolute Gasteiger partial charge is 0.354 e. The molecule has 8 heteroatoms. The molecule has 2 fully saturated rings. The summed E-state index contributed by atoms with van der Waals surface area (Å²) in [4.78, 5) is 14.5. The molecular formula is C32H42N8. The summed E-state index contributed by atoms with van der Waals surface area (Å²) in [5.41, 5.74) is 5.19. The third kappa shape index (κ3) is 5.83. The number of benzene rings is 1. The molecule has 0 saturated carbocycles. The first-order chi connectivity index (χ1) is 19.3. The van der Waals surface area contributed by atoms with Gasteiger partial charge >= 0.3 is 0 Å². The Morgan fingerprint density at radius 1 is 0.975 bits per heavy atom. The lowest BCUT2D eigenvalue weighted by molar-refractivity contribution is 0.0960. The Bertz CT molecular complexity index is 1450. The van der Waals surface area contributed by atoms with E-state index in [9.17, 15) is 0 Å². The van der Waals surface area contributed by atoms with Crippen molar-refractivity contribution in [1.82, 2.24) is 29.8 Å². The summed E-state index contributed by atoms with van der Waals surface area (Å²) in [6.07, 6.45) is 8.50. The fourth-order valence-electron chi connectivity index (χ4n) is 6.07. The zero-order valence-corrected chi connectivity index (χ0v) is 24.3. The van der Waals surface area contributed by atoms with Crippen molar-refractivity contribution < 1.29 is 0 Å². The molecule has 2 aliphatic heterocycles. The molecule has 0 radical (unpaired) electrons. The summed E-state index contributed by atoms with van der Waals surface area (Å²) in [6.45, 7) is 13.4. The van der Waals surface area contributed by atoms with Crippen LogP contribution < -0.4 is 15.5 Å². The minimum Gasteiger partial charge on any atom is -0.354 e. The van der Waals surface area contributed by atoms with Crippen LogP contribution in [0.3, 0.4) is 0 Å². The molecule has 2 aliphatic rings. The summed E-state index contributed by atoms with van der Waals surface area (Å²) in [5, 5.41) is 12.2. The SMILES string of the molecule is CC1CCCN1c1cccc(Nc2cc(-c3cccc(CNC4CCN(C(C)(C)C)CC4)c3)nn3ccnc23)n1. The van der Waals surface area contributed by atoms with Gasteiger partial charge in [-0.2, -0.15) is 5.10 Å². The lowest BCUT2D eigenvalue weighted by Crippen LogP contribution is -2.49. The minimum absolute atomic E-state index is 0.252. The fourth-order valence-corrected chi connectivity index (χ4v) is 6.07. The van der Waals surface area contributed by atoms with E-state index in [1.807, 2.05) is 16.8 Å². The normalized spacial score (nSPS) is 19.0. The highest BCUT2D eigenvalue weighted by molar-refractivity contribution is 5.77. The first-order valence-corrected chi connectivity index (χ1v) is 14.8. The second-order valence-corrected chi connectivity index (χ2v) is 12.3. The van der Waals surface area contributed by atoms with Gasteiger partial charge in [0.25, 0.3) is 0 Å². The second kappa shape index (κ2) is 11.2. The maximum Gasteiger partial charge on any atom is 0.177 e. The number of pyridine rings is 1. The Labute approximate surface area is 237 Å².